The first-order valence-corrected chi connectivity index (χ1v) is 13.5. The fourth-order valence-electron chi connectivity index (χ4n) is 4.06. The summed E-state index contributed by atoms with van der Waals surface area (Å²) in [7, 11) is -7.17. The molecule has 2 fully saturated rings. The van der Waals surface area contributed by atoms with Crippen LogP contribution in [0.5, 0.6) is 0 Å². The van der Waals surface area contributed by atoms with Crippen molar-refractivity contribution in [2.24, 2.45) is 0 Å². The number of hydrogen-bond acceptors (Lipinski definition) is 7. The monoisotopic (exact) mass is 444 g/mol. The maximum atomic E-state index is 13.2. The van der Waals surface area contributed by atoms with Crippen molar-refractivity contribution in [1.82, 2.24) is 10.2 Å². The van der Waals surface area contributed by atoms with E-state index in [1.165, 1.54) is 0 Å². The number of benzene rings is 1. The molecule has 1 aromatic rings. The van der Waals surface area contributed by atoms with Crippen LogP contribution in [0.4, 0.5) is 0 Å². The van der Waals surface area contributed by atoms with E-state index < -0.39 is 31.0 Å². The number of rotatable bonds is 7. The summed E-state index contributed by atoms with van der Waals surface area (Å²) in [6, 6.07) is 6.15. The molecule has 0 saturated carbocycles. The molecule has 7 nitrogen and oxygen atoms in total. The van der Waals surface area contributed by atoms with Crippen LogP contribution in [-0.4, -0.2) is 82.9 Å². The Morgan fingerprint density at radius 2 is 1.76 bits per heavy atom. The summed E-state index contributed by atoms with van der Waals surface area (Å²) >= 11 is 0. The van der Waals surface area contributed by atoms with Crippen molar-refractivity contribution >= 4 is 19.7 Å². The average Bonchev–Trinajstić information content (AvgIpc) is 3.02. The van der Waals surface area contributed by atoms with Crippen LogP contribution >= 0.6 is 0 Å². The maximum Gasteiger partial charge on any atom is 0.183 e. The third kappa shape index (κ3) is 5.19. The van der Waals surface area contributed by atoms with Gasteiger partial charge in [-0.15, -0.1) is 0 Å². The molecule has 0 spiro atoms. The van der Waals surface area contributed by atoms with Gasteiger partial charge in [-0.25, -0.2) is 16.8 Å². The van der Waals surface area contributed by atoms with Crippen molar-refractivity contribution in [2.75, 3.05) is 44.4 Å². The van der Waals surface area contributed by atoms with E-state index in [1.54, 1.807) is 24.3 Å². The van der Waals surface area contributed by atoms with Crippen LogP contribution in [0.2, 0.25) is 0 Å². The molecular formula is C20H32N2O5S2. The van der Waals surface area contributed by atoms with Gasteiger partial charge in [-0.05, 0) is 38.0 Å². The van der Waals surface area contributed by atoms with Crippen molar-refractivity contribution in [3.8, 4) is 0 Å². The van der Waals surface area contributed by atoms with E-state index in [0.29, 0.717) is 19.8 Å². The zero-order valence-electron chi connectivity index (χ0n) is 17.4. The molecule has 29 heavy (non-hydrogen) atoms. The van der Waals surface area contributed by atoms with E-state index in [-0.39, 0.29) is 21.9 Å². The number of ether oxygens (including phenoxy) is 1. The molecule has 0 aromatic heterocycles. The highest BCUT2D eigenvalue weighted by atomic mass is 32.2. The number of nitrogens with zero attached hydrogens (tertiary/aromatic N) is 1. The molecule has 0 radical (unpaired) electrons. The molecule has 2 heterocycles. The van der Waals surface area contributed by atoms with Gasteiger partial charge in [0.25, 0.3) is 0 Å². The van der Waals surface area contributed by atoms with Crippen LogP contribution in [0.15, 0.2) is 29.2 Å². The van der Waals surface area contributed by atoms with Crippen molar-refractivity contribution in [1.29, 1.82) is 0 Å². The predicted molar refractivity (Wildman–Crippen MR) is 114 cm³/mol. The molecule has 0 unspecified atom stereocenters. The quantitative estimate of drug-likeness (QED) is 0.668. The zero-order valence-corrected chi connectivity index (χ0v) is 19.1. The molecule has 3 rings (SSSR count). The standard InChI is InChI=1S/C20H32N2O5S2/c1-4-16-5-7-17(8-6-16)29(25,26)19-14-28(23,24)13-18(19)21-15-20(2,3)22-9-11-27-12-10-22/h5-8,18-19,21H,4,9-15H2,1-3H3/t18-,19-/m0/s1. The van der Waals surface area contributed by atoms with Gasteiger partial charge in [0, 0.05) is 31.2 Å². The molecule has 2 saturated heterocycles. The molecule has 1 aromatic carbocycles. The third-order valence-electron chi connectivity index (χ3n) is 6.02. The van der Waals surface area contributed by atoms with Crippen LogP contribution in [-0.2, 0) is 30.8 Å². The lowest BCUT2D eigenvalue weighted by Crippen LogP contribution is -2.57. The largest absolute Gasteiger partial charge is 0.379 e. The Balaban J connectivity index is 1.77. The van der Waals surface area contributed by atoms with Gasteiger partial charge in [-0.3, -0.25) is 4.90 Å². The summed E-state index contributed by atoms with van der Waals surface area (Å²) in [6.07, 6.45) is 0.818. The minimum atomic E-state index is -3.75. The number of morpholine rings is 1. The first kappa shape index (κ1) is 22.7. The van der Waals surface area contributed by atoms with E-state index in [1.807, 2.05) is 6.92 Å². The molecule has 0 bridgehead atoms. The van der Waals surface area contributed by atoms with Crippen LogP contribution in [0, 0.1) is 0 Å². The van der Waals surface area contributed by atoms with Gasteiger partial charge >= 0.3 is 0 Å². The van der Waals surface area contributed by atoms with Crippen molar-refractivity contribution in [3.05, 3.63) is 29.8 Å². The summed E-state index contributed by atoms with van der Waals surface area (Å²) < 4.78 is 56.5. The van der Waals surface area contributed by atoms with Gasteiger partial charge in [-0.2, -0.15) is 0 Å². The number of nitrogens with one attached hydrogen (secondary N) is 1. The highest BCUT2D eigenvalue weighted by Gasteiger charge is 2.46. The van der Waals surface area contributed by atoms with Crippen LogP contribution in [0.1, 0.15) is 26.3 Å². The summed E-state index contributed by atoms with van der Waals surface area (Å²) in [6.45, 7) is 9.64. The first-order chi connectivity index (χ1) is 13.5. The van der Waals surface area contributed by atoms with Gasteiger partial charge < -0.3 is 10.1 Å². The second kappa shape index (κ2) is 8.63. The molecule has 0 amide bonds. The number of hydrogen-bond donors (Lipinski definition) is 1. The molecule has 164 valence electrons. The number of aryl methyl sites for hydroxylation is 1. The molecule has 9 heteroatoms. The van der Waals surface area contributed by atoms with Gasteiger partial charge in [0.1, 0.15) is 0 Å². The second-order valence-electron chi connectivity index (χ2n) is 8.56. The Morgan fingerprint density at radius 1 is 1.14 bits per heavy atom. The molecule has 1 N–H and O–H groups in total. The average molecular weight is 445 g/mol. The lowest BCUT2D eigenvalue weighted by Gasteiger charge is -2.41. The summed E-state index contributed by atoms with van der Waals surface area (Å²) in [5.74, 6) is -0.482. The summed E-state index contributed by atoms with van der Waals surface area (Å²) in [5, 5.41) is 2.31. The Labute approximate surface area is 174 Å². The normalized spacial score (nSPS) is 25.9. The summed E-state index contributed by atoms with van der Waals surface area (Å²) in [5.41, 5.74) is 0.817. The minimum Gasteiger partial charge on any atom is -0.379 e. The predicted octanol–water partition coefficient (Wildman–Crippen LogP) is 0.889. The highest BCUT2D eigenvalue weighted by Crippen LogP contribution is 2.27. The van der Waals surface area contributed by atoms with Crippen LogP contribution in [0.3, 0.4) is 0 Å². The van der Waals surface area contributed by atoms with E-state index in [2.05, 4.69) is 24.1 Å². The van der Waals surface area contributed by atoms with Gasteiger partial charge in [0.15, 0.2) is 19.7 Å². The second-order valence-corrected chi connectivity index (χ2v) is 12.9. The molecule has 2 atom stereocenters. The third-order valence-corrected chi connectivity index (χ3v) is 10.2. The van der Waals surface area contributed by atoms with E-state index >= 15 is 0 Å². The van der Waals surface area contributed by atoms with Gasteiger partial charge in [0.05, 0.1) is 34.9 Å². The first-order valence-electron chi connectivity index (χ1n) is 10.1. The molecule has 2 aliphatic rings. The SMILES string of the molecule is CCc1ccc(S(=O)(=O)[C@H]2CS(=O)(=O)C[C@@H]2NCC(C)(C)N2CCOCC2)cc1. The Kier molecular flexibility index (Phi) is 6.75. The van der Waals surface area contributed by atoms with E-state index in [4.69, 9.17) is 4.74 Å². The zero-order chi connectivity index (χ0) is 21.3. The molecule has 0 aliphatic carbocycles. The van der Waals surface area contributed by atoms with Crippen molar-refractivity contribution in [2.45, 2.75) is 48.9 Å². The Hall–Kier alpha value is -1.00. The fraction of sp³-hybridized carbons (Fsp3) is 0.700. The van der Waals surface area contributed by atoms with Crippen LogP contribution in [0.25, 0.3) is 0 Å². The Morgan fingerprint density at radius 3 is 2.34 bits per heavy atom. The highest BCUT2D eigenvalue weighted by molar-refractivity contribution is 7.96. The Bertz CT molecular complexity index is 905. The minimum absolute atomic E-state index is 0.150. The van der Waals surface area contributed by atoms with Gasteiger partial charge in [0.2, 0.25) is 0 Å². The van der Waals surface area contributed by atoms with Crippen molar-refractivity contribution < 1.29 is 21.6 Å². The van der Waals surface area contributed by atoms with E-state index in [0.717, 1.165) is 25.1 Å². The van der Waals surface area contributed by atoms with Gasteiger partial charge in [-0.1, -0.05) is 19.1 Å². The van der Waals surface area contributed by atoms with Crippen LogP contribution < -0.4 is 5.32 Å². The summed E-state index contributed by atoms with van der Waals surface area (Å²) in [4.78, 5) is 2.48. The van der Waals surface area contributed by atoms with Crippen molar-refractivity contribution in [3.63, 3.8) is 0 Å². The lowest BCUT2D eigenvalue weighted by atomic mass is 10.0. The fourth-order valence-corrected chi connectivity index (χ4v) is 8.78. The molecular weight excluding hydrogens is 412 g/mol. The lowest BCUT2D eigenvalue weighted by molar-refractivity contribution is -0.0101. The molecule has 2 aliphatic heterocycles. The smallest absolute Gasteiger partial charge is 0.183 e. The number of sulfone groups is 2. The van der Waals surface area contributed by atoms with E-state index in [9.17, 15) is 16.8 Å². The topological polar surface area (TPSA) is 92.8 Å². The maximum absolute atomic E-state index is 13.2.